The van der Waals surface area contributed by atoms with Gasteiger partial charge in [0.25, 0.3) is 0 Å². The zero-order valence-corrected chi connectivity index (χ0v) is 21.8. The Morgan fingerprint density at radius 2 is 1.69 bits per heavy atom. The van der Waals surface area contributed by atoms with Crippen LogP contribution >= 0.6 is 11.5 Å². The summed E-state index contributed by atoms with van der Waals surface area (Å²) in [5, 5.41) is 0.839. The maximum atomic E-state index is 13.3. The molecule has 188 valence electrons. The third-order valence-electron chi connectivity index (χ3n) is 5.77. The largest absolute Gasteiger partial charge is 0.346 e. The Morgan fingerprint density at radius 1 is 0.943 bits per heavy atom. The van der Waals surface area contributed by atoms with Gasteiger partial charge in [-0.2, -0.15) is 4.37 Å². The van der Waals surface area contributed by atoms with E-state index in [9.17, 15) is 9.18 Å². The average molecular weight is 498 g/mol. The Kier molecular flexibility index (Phi) is 10.6. The predicted octanol–water partition coefficient (Wildman–Crippen LogP) is 4.86. The normalized spacial score (nSPS) is 11.1. The summed E-state index contributed by atoms with van der Waals surface area (Å²) in [5.41, 5.74) is 2.11. The molecular formula is C27H36FN5OS. The molecule has 0 atom stereocenters. The van der Waals surface area contributed by atoms with Gasteiger partial charge in [-0.05, 0) is 43.8 Å². The van der Waals surface area contributed by atoms with Crippen molar-refractivity contribution >= 4 is 22.6 Å². The Morgan fingerprint density at radius 3 is 2.37 bits per heavy atom. The van der Waals surface area contributed by atoms with Crippen LogP contribution in [0.1, 0.15) is 43.1 Å². The van der Waals surface area contributed by atoms with E-state index in [-0.39, 0.29) is 11.7 Å². The van der Waals surface area contributed by atoms with E-state index in [0.717, 1.165) is 48.0 Å². The van der Waals surface area contributed by atoms with Crippen LogP contribution in [0.2, 0.25) is 0 Å². The Balaban J connectivity index is 1.64. The number of benzene rings is 2. The second-order valence-corrected chi connectivity index (χ2v) is 9.72. The van der Waals surface area contributed by atoms with E-state index in [4.69, 9.17) is 4.98 Å². The van der Waals surface area contributed by atoms with Crippen LogP contribution in [-0.2, 0) is 17.8 Å². The fourth-order valence-electron chi connectivity index (χ4n) is 3.69. The van der Waals surface area contributed by atoms with E-state index in [1.54, 1.807) is 12.1 Å². The SMILES string of the molecule is CCCCN(CCC(=O)N(CCN(C)C)Cc1ccccc1)c1nc(Cc2ccc(F)cc2)ns1. The Hall–Kier alpha value is -2.84. The Labute approximate surface area is 212 Å². The van der Waals surface area contributed by atoms with Crippen LogP contribution in [0.25, 0.3) is 0 Å². The van der Waals surface area contributed by atoms with Gasteiger partial charge in [-0.25, -0.2) is 9.37 Å². The van der Waals surface area contributed by atoms with Crippen molar-refractivity contribution in [2.24, 2.45) is 0 Å². The summed E-state index contributed by atoms with van der Waals surface area (Å²) in [6, 6.07) is 16.6. The molecule has 0 aliphatic carbocycles. The molecule has 0 saturated carbocycles. The Bertz CT molecular complexity index is 1030. The number of nitrogens with zero attached hydrogens (tertiary/aromatic N) is 5. The number of amides is 1. The molecule has 2 aromatic carbocycles. The van der Waals surface area contributed by atoms with Gasteiger partial charge in [0, 0.05) is 57.1 Å². The summed E-state index contributed by atoms with van der Waals surface area (Å²) in [5.74, 6) is 0.623. The van der Waals surface area contributed by atoms with E-state index in [0.29, 0.717) is 32.5 Å². The second kappa shape index (κ2) is 13.9. The molecule has 0 saturated heterocycles. The van der Waals surface area contributed by atoms with Gasteiger partial charge in [-0.3, -0.25) is 4.79 Å². The maximum Gasteiger partial charge on any atom is 0.224 e. The lowest BCUT2D eigenvalue weighted by atomic mass is 10.1. The monoisotopic (exact) mass is 497 g/mol. The minimum atomic E-state index is -0.247. The number of likely N-dealkylation sites (N-methyl/N-ethyl adjacent to an activating group) is 1. The van der Waals surface area contributed by atoms with E-state index in [1.165, 1.54) is 23.7 Å². The van der Waals surface area contributed by atoms with Crippen LogP contribution in [-0.4, -0.2) is 65.3 Å². The van der Waals surface area contributed by atoms with E-state index < -0.39 is 0 Å². The molecule has 35 heavy (non-hydrogen) atoms. The van der Waals surface area contributed by atoms with E-state index in [2.05, 4.69) is 33.2 Å². The smallest absolute Gasteiger partial charge is 0.224 e. The summed E-state index contributed by atoms with van der Waals surface area (Å²) in [6.07, 6.45) is 3.08. The van der Waals surface area contributed by atoms with Crippen LogP contribution in [0.15, 0.2) is 54.6 Å². The number of aromatic nitrogens is 2. The molecule has 1 aromatic heterocycles. The number of carbonyl (C=O) groups excluding carboxylic acids is 1. The van der Waals surface area contributed by atoms with Gasteiger partial charge in [0.15, 0.2) is 0 Å². The first-order chi connectivity index (χ1) is 16.9. The first-order valence-electron chi connectivity index (χ1n) is 12.2. The highest BCUT2D eigenvalue weighted by Gasteiger charge is 2.18. The molecule has 1 amide bonds. The molecule has 0 aliphatic heterocycles. The van der Waals surface area contributed by atoms with Gasteiger partial charge < -0.3 is 14.7 Å². The molecule has 0 unspecified atom stereocenters. The van der Waals surface area contributed by atoms with Crippen molar-refractivity contribution in [3.63, 3.8) is 0 Å². The summed E-state index contributed by atoms with van der Waals surface area (Å²) in [6.45, 7) is 5.73. The lowest BCUT2D eigenvalue weighted by Crippen LogP contribution is -2.38. The molecule has 3 aromatic rings. The van der Waals surface area contributed by atoms with Crippen LogP contribution in [0.4, 0.5) is 9.52 Å². The van der Waals surface area contributed by atoms with Crippen molar-refractivity contribution < 1.29 is 9.18 Å². The highest BCUT2D eigenvalue weighted by molar-refractivity contribution is 7.09. The van der Waals surface area contributed by atoms with E-state index >= 15 is 0 Å². The first-order valence-corrected chi connectivity index (χ1v) is 13.0. The third kappa shape index (κ3) is 9.03. The molecule has 0 N–H and O–H groups in total. The predicted molar refractivity (Wildman–Crippen MR) is 141 cm³/mol. The van der Waals surface area contributed by atoms with Crippen molar-refractivity contribution in [3.8, 4) is 0 Å². The highest BCUT2D eigenvalue weighted by Crippen LogP contribution is 2.20. The number of rotatable bonds is 14. The quantitative estimate of drug-likeness (QED) is 0.319. The van der Waals surface area contributed by atoms with Gasteiger partial charge in [0.2, 0.25) is 11.0 Å². The van der Waals surface area contributed by atoms with Gasteiger partial charge in [-0.1, -0.05) is 55.8 Å². The molecule has 1 heterocycles. The minimum Gasteiger partial charge on any atom is -0.346 e. The second-order valence-electron chi connectivity index (χ2n) is 8.99. The zero-order chi connectivity index (χ0) is 25.0. The molecule has 6 nitrogen and oxygen atoms in total. The fraction of sp³-hybridized carbons (Fsp3) is 0.444. The highest BCUT2D eigenvalue weighted by atomic mass is 32.1. The van der Waals surface area contributed by atoms with Gasteiger partial charge in [-0.15, -0.1) is 0 Å². The summed E-state index contributed by atoms with van der Waals surface area (Å²) in [7, 11) is 4.05. The van der Waals surface area contributed by atoms with Crippen molar-refractivity contribution in [1.29, 1.82) is 0 Å². The van der Waals surface area contributed by atoms with Gasteiger partial charge in [0.05, 0.1) is 0 Å². The third-order valence-corrected chi connectivity index (χ3v) is 6.58. The van der Waals surface area contributed by atoms with Gasteiger partial charge in [0.1, 0.15) is 11.6 Å². The van der Waals surface area contributed by atoms with Crippen molar-refractivity contribution in [3.05, 3.63) is 77.4 Å². The number of hydrogen-bond acceptors (Lipinski definition) is 6. The average Bonchev–Trinajstić information content (AvgIpc) is 3.32. The van der Waals surface area contributed by atoms with Crippen LogP contribution < -0.4 is 4.90 Å². The van der Waals surface area contributed by atoms with Crippen molar-refractivity contribution in [2.45, 2.75) is 39.2 Å². The van der Waals surface area contributed by atoms with E-state index in [1.807, 2.05) is 37.2 Å². The molecule has 0 spiro atoms. The number of carbonyl (C=O) groups is 1. The first kappa shape index (κ1) is 26.8. The summed E-state index contributed by atoms with van der Waals surface area (Å²) >= 11 is 1.37. The fourth-order valence-corrected chi connectivity index (χ4v) is 4.42. The standard InChI is InChI=1S/C27H36FN5OS/c1-4-5-16-32(27-29-25(30-35-27)20-22-11-13-24(28)14-12-22)17-15-26(34)33(19-18-31(2)3)21-23-9-7-6-8-10-23/h6-14H,4-5,15-21H2,1-3H3. The van der Waals surface area contributed by atoms with Crippen molar-refractivity contribution in [1.82, 2.24) is 19.2 Å². The summed E-state index contributed by atoms with van der Waals surface area (Å²) < 4.78 is 17.7. The molecule has 8 heteroatoms. The molecule has 0 radical (unpaired) electrons. The molecule has 3 rings (SSSR count). The number of unbranched alkanes of at least 4 members (excludes halogenated alkanes) is 1. The number of halogens is 1. The molecule has 0 bridgehead atoms. The topological polar surface area (TPSA) is 52.6 Å². The molecule has 0 fully saturated rings. The number of hydrogen-bond donors (Lipinski definition) is 0. The lowest BCUT2D eigenvalue weighted by Gasteiger charge is -2.27. The lowest BCUT2D eigenvalue weighted by molar-refractivity contribution is -0.131. The zero-order valence-electron chi connectivity index (χ0n) is 21.0. The van der Waals surface area contributed by atoms with Crippen molar-refractivity contribution in [2.75, 3.05) is 45.2 Å². The summed E-state index contributed by atoms with van der Waals surface area (Å²) in [4.78, 5) is 24.2. The molecular weight excluding hydrogens is 461 g/mol. The van der Waals surface area contributed by atoms with Gasteiger partial charge >= 0.3 is 0 Å². The minimum absolute atomic E-state index is 0.147. The maximum absolute atomic E-state index is 13.3. The van der Waals surface area contributed by atoms with Crippen LogP contribution in [0.5, 0.6) is 0 Å². The van der Waals surface area contributed by atoms with Crippen LogP contribution in [0, 0.1) is 5.82 Å². The molecule has 0 aliphatic rings. The van der Waals surface area contributed by atoms with Crippen LogP contribution in [0.3, 0.4) is 0 Å². The number of anilines is 1.